The van der Waals surface area contributed by atoms with Crippen LogP contribution in [0.4, 0.5) is 11.4 Å². The number of anilines is 2. The summed E-state index contributed by atoms with van der Waals surface area (Å²) < 4.78 is 0. The van der Waals surface area contributed by atoms with Crippen LogP contribution in [0.15, 0.2) is 48.8 Å². The van der Waals surface area contributed by atoms with E-state index < -0.39 is 0 Å². The van der Waals surface area contributed by atoms with Crippen LogP contribution < -0.4 is 16.6 Å². The molecule has 0 atom stereocenters. The maximum Gasteiger partial charge on any atom is 0.0489 e. The van der Waals surface area contributed by atoms with Crippen LogP contribution in [0.1, 0.15) is 5.56 Å². The minimum Gasteiger partial charge on any atom is -0.399 e. The Hall–Kier alpha value is -2.07. The van der Waals surface area contributed by atoms with Crippen molar-refractivity contribution in [2.75, 3.05) is 11.2 Å². The lowest BCUT2D eigenvalue weighted by Crippen LogP contribution is -2.20. The zero-order valence-corrected chi connectivity index (χ0v) is 8.85. The Bertz CT molecular complexity index is 425. The molecule has 0 aliphatic rings. The Morgan fingerprint density at radius 1 is 1.12 bits per heavy atom. The third kappa shape index (κ3) is 2.96. The average Bonchev–Trinajstić information content (AvgIpc) is 2.33. The Balaban J connectivity index is 1.82. The van der Waals surface area contributed by atoms with E-state index in [1.54, 1.807) is 6.20 Å². The summed E-state index contributed by atoms with van der Waals surface area (Å²) in [4.78, 5) is 4.04. The first-order valence-electron chi connectivity index (χ1n) is 5.08. The zero-order chi connectivity index (χ0) is 11.2. The van der Waals surface area contributed by atoms with Crippen LogP contribution in [0.5, 0.6) is 0 Å². The normalized spacial score (nSPS) is 10.0. The molecule has 1 aromatic carbocycles. The number of pyridine rings is 1. The van der Waals surface area contributed by atoms with Crippen LogP contribution in [0.3, 0.4) is 0 Å². The molecule has 16 heavy (non-hydrogen) atoms. The van der Waals surface area contributed by atoms with Crippen molar-refractivity contribution in [3.8, 4) is 0 Å². The SMILES string of the molecule is Nc1ccc(NNCc2cccnc2)cc1. The number of hydrogen-bond donors (Lipinski definition) is 3. The van der Waals surface area contributed by atoms with Gasteiger partial charge in [-0.2, -0.15) is 0 Å². The zero-order valence-electron chi connectivity index (χ0n) is 8.85. The van der Waals surface area contributed by atoms with Gasteiger partial charge in [-0.15, -0.1) is 0 Å². The van der Waals surface area contributed by atoms with Gasteiger partial charge < -0.3 is 11.2 Å². The summed E-state index contributed by atoms with van der Waals surface area (Å²) in [6, 6.07) is 11.5. The molecule has 0 amide bonds. The van der Waals surface area contributed by atoms with E-state index in [0.29, 0.717) is 0 Å². The Kier molecular flexibility index (Phi) is 3.35. The van der Waals surface area contributed by atoms with Gasteiger partial charge in [0.05, 0.1) is 0 Å². The predicted octanol–water partition coefficient (Wildman–Crippen LogP) is 1.78. The molecule has 0 unspecified atom stereocenters. The van der Waals surface area contributed by atoms with Crippen molar-refractivity contribution in [2.45, 2.75) is 6.54 Å². The highest BCUT2D eigenvalue weighted by molar-refractivity contribution is 5.50. The number of nitrogens with two attached hydrogens (primary N) is 1. The predicted molar refractivity (Wildman–Crippen MR) is 65.6 cm³/mol. The highest BCUT2D eigenvalue weighted by Gasteiger charge is 1.92. The number of rotatable bonds is 4. The van der Waals surface area contributed by atoms with Gasteiger partial charge in [-0.1, -0.05) is 6.07 Å². The van der Waals surface area contributed by atoms with Crippen molar-refractivity contribution < 1.29 is 0 Å². The number of aromatic nitrogens is 1. The Labute approximate surface area is 94.5 Å². The number of hydrogen-bond acceptors (Lipinski definition) is 4. The summed E-state index contributed by atoms with van der Waals surface area (Å²) in [5, 5.41) is 0. The van der Waals surface area contributed by atoms with Crippen LogP contribution in [0, 0.1) is 0 Å². The summed E-state index contributed by atoms with van der Waals surface area (Å²) in [5.74, 6) is 0. The largest absolute Gasteiger partial charge is 0.399 e. The van der Waals surface area contributed by atoms with E-state index in [9.17, 15) is 0 Å². The molecule has 4 nitrogen and oxygen atoms in total. The molecule has 0 saturated heterocycles. The lowest BCUT2D eigenvalue weighted by molar-refractivity contribution is 0.797. The molecule has 0 saturated carbocycles. The molecule has 0 spiro atoms. The van der Waals surface area contributed by atoms with Gasteiger partial charge in [0, 0.05) is 30.3 Å². The minimum atomic E-state index is 0.720. The third-order valence-corrected chi connectivity index (χ3v) is 2.16. The van der Waals surface area contributed by atoms with Gasteiger partial charge in [0.25, 0.3) is 0 Å². The minimum absolute atomic E-state index is 0.720. The summed E-state index contributed by atoms with van der Waals surface area (Å²) in [6.07, 6.45) is 3.59. The molecule has 2 rings (SSSR count). The van der Waals surface area contributed by atoms with E-state index >= 15 is 0 Å². The molecule has 0 aliphatic carbocycles. The molecule has 1 heterocycles. The quantitative estimate of drug-likeness (QED) is 0.536. The average molecular weight is 214 g/mol. The van der Waals surface area contributed by atoms with E-state index in [1.807, 2.05) is 42.6 Å². The third-order valence-electron chi connectivity index (χ3n) is 2.16. The molecule has 4 N–H and O–H groups in total. The first kappa shape index (κ1) is 10.4. The monoisotopic (exact) mass is 214 g/mol. The fraction of sp³-hybridized carbons (Fsp3) is 0.0833. The summed E-state index contributed by atoms with van der Waals surface area (Å²) in [5.41, 5.74) is 14.7. The Morgan fingerprint density at radius 3 is 2.62 bits per heavy atom. The van der Waals surface area contributed by atoms with Crippen molar-refractivity contribution in [1.29, 1.82) is 0 Å². The van der Waals surface area contributed by atoms with Crippen molar-refractivity contribution in [1.82, 2.24) is 10.4 Å². The Morgan fingerprint density at radius 2 is 1.94 bits per heavy atom. The van der Waals surface area contributed by atoms with Crippen LogP contribution >= 0.6 is 0 Å². The van der Waals surface area contributed by atoms with Gasteiger partial charge in [0.1, 0.15) is 0 Å². The van der Waals surface area contributed by atoms with Crippen molar-refractivity contribution in [2.24, 2.45) is 0 Å². The second-order valence-corrected chi connectivity index (χ2v) is 3.46. The molecule has 2 aromatic rings. The molecule has 0 bridgehead atoms. The lowest BCUT2D eigenvalue weighted by Gasteiger charge is -2.08. The first-order valence-corrected chi connectivity index (χ1v) is 5.08. The van der Waals surface area contributed by atoms with Gasteiger partial charge in [-0.25, -0.2) is 5.43 Å². The van der Waals surface area contributed by atoms with Crippen molar-refractivity contribution in [3.05, 3.63) is 54.4 Å². The second kappa shape index (κ2) is 5.14. The van der Waals surface area contributed by atoms with E-state index in [2.05, 4.69) is 15.8 Å². The van der Waals surface area contributed by atoms with Gasteiger partial charge in [-0.05, 0) is 35.9 Å². The number of benzene rings is 1. The van der Waals surface area contributed by atoms with Gasteiger partial charge in [0.2, 0.25) is 0 Å². The van der Waals surface area contributed by atoms with Gasteiger partial charge in [-0.3, -0.25) is 4.98 Å². The fourth-order valence-electron chi connectivity index (χ4n) is 1.32. The van der Waals surface area contributed by atoms with Crippen LogP contribution in [-0.2, 0) is 6.54 Å². The van der Waals surface area contributed by atoms with Crippen molar-refractivity contribution in [3.63, 3.8) is 0 Å². The van der Waals surface area contributed by atoms with E-state index in [-0.39, 0.29) is 0 Å². The number of hydrazine groups is 1. The fourth-order valence-corrected chi connectivity index (χ4v) is 1.32. The molecular formula is C12H14N4. The van der Waals surface area contributed by atoms with Crippen molar-refractivity contribution >= 4 is 11.4 Å². The first-order chi connectivity index (χ1) is 7.84. The highest BCUT2D eigenvalue weighted by atomic mass is 15.3. The molecule has 4 heteroatoms. The molecule has 82 valence electrons. The number of nitrogens with one attached hydrogen (secondary N) is 2. The van der Waals surface area contributed by atoms with E-state index in [0.717, 1.165) is 23.5 Å². The van der Waals surface area contributed by atoms with E-state index in [1.165, 1.54) is 0 Å². The highest BCUT2D eigenvalue weighted by Crippen LogP contribution is 2.09. The maximum absolute atomic E-state index is 5.59. The topological polar surface area (TPSA) is 63.0 Å². The van der Waals surface area contributed by atoms with Crippen LogP contribution in [-0.4, -0.2) is 4.98 Å². The number of nitrogens with zero attached hydrogens (tertiary/aromatic N) is 1. The van der Waals surface area contributed by atoms with Crippen LogP contribution in [0.25, 0.3) is 0 Å². The number of nitrogen functional groups attached to an aromatic ring is 1. The van der Waals surface area contributed by atoms with Gasteiger partial charge >= 0.3 is 0 Å². The van der Waals surface area contributed by atoms with Crippen LogP contribution in [0.2, 0.25) is 0 Å². The summed E-state index contributed by atoms with van der Waals surface area (Å²) in [6.45, 7) is 0.720. The molecule has 1 aromatic heterocycles. The molecular weight excluding hydrogens is 200 g/mol. The van der Waals surface area contributed by atoms with Gasteiger partial charge in [0.15, 0.2) is 0 Å². The molecule has 0 aliphatic heterocycles. The smallest absolute Gasteiger partial charge is 0.0489 e. The lowest BCUT2D eigenvalue weighted by atomic mass is 10.3. The molecule has 0 fully saturated rings. The summed E-state index contributed by atoms with van der Waals surface area (Å²) in [7, 11) is 0. The summed E-state index contributed by atoms with van der Waals surface area (Å²) >= 11 is 0. The van der Waals surface area contributed by atoms with E-state index in [4.69, 9.17) is 5.73 Å². The molecule has 0 radical (unpaired) electrons. The second-order valence-electron chi connectivity index (χ2n) is 3.46. The maximum atomic E-state index is 5.59. The standard InChI is InChI=1S/C12H14N4/c13-11-3-5-12(6-4-11)16-15-9-10-2-1-7-14-8-10/h1-8,15-16H,9,13H2.